The van der Waals surface area contributed by atoms with Gasteiger partial charge in [0.1, 0.15) is 0 Å². The normalized spacial score (nSPS) is 22.8. The van der Waals surface area contributed by atoms with Crippen LogP contribution in [0.5, 0.6) is 0 Å². The van der Waals surface area contributed by atoms with E-state index in [0.29, 0.717) is 23.8 Å². The number of amides is 2. The number of aryl methyl sites for hydroxylation is 1. The molecule has 6 nitrogen and oxygen atoms in total. The summed E-state index contributed by atoms with van der Waals surface area (Å²) >= 11 is 0. The van der Waals surface area contributed by atoms with Crippen LogP contribution in [0, 0.1) is 18.8 Å². The highest BCUT2D eigenvalue weighted by Gasteiger charge is 2.42. The lowest BCUT2D eigenvalue weighted by atomic mass is 9.88. The van der Waals surface area contributed by atoms with Crippen LogP contribution in [0.4, 0.5) is 0 Å². The van der Waals surface area contributed by atoms with Crippen molar-refractivity contribution in [2.24, 2.45) is 11.8 Å². The van der Waals surface area contributed by atoms with Gasteiger partial charge >= 0.3 is 0 Å². The zero-order valence-electron chi connectivity index (χ0n) is 18.8. The number of pyridine rings is 2. The highest BCUT2D eigenvalue weighted by atomic mass is 16.2. The second-order valence-electron chi connectivity index (χ2n) is 9.36. The van der Waals surface area contributed by atoms with Gasteiger partial charge in [0, 0.05) is 56.4 Å². The molecule has 1 aromatic carbocycles. The summed E-state index contributed by atoms with van der Waals surface area (Å²) < 4.78 is 0. The average molecular weight is 429 g/mol. The third kappa shape index (κ3) is 3.64. The van der Waals surface area contributed by atoms with E-state index in [0.717, 1.165) is 47.1 Å². The van der Waals surface area contributed by atoms with Crippen molar-refractivity contribution in [1.29, 1.82) is 0 Å². The van der Waals surface area contributed by atoms with Crippen LogP contribution in [0.25, 0.3) is 22.2 Å². The topological polar surface area (TPSA) is 66.4 Å². The summed E-state index contributed by atoms with van der Waals surface area (Å²) in [7, 11) is 3.79. The van der Waals surface area contributed by atoms with Gasteiger partial charge in [-0.3, -0.25) is 14.6 Å². The van der Waals surface area contributed by atoms with E-state index in [4.69, 9.17) is 4.98 Å². The zero-order valence-corrected chi connectivity index (χ0v) is 18.8. The van der Waals surface area contributed by atoms with Crippen molar-refractivity contribution in [3.63, 3.8) is 0 Å². The highest BCUT2D eigenvalue weighted by Crippen LogP contribution is 2.40. The van der Waals surface area contributed by atoms with Crippen LogP contribution >= 0.6 is 0 Å². The quantitative estimate of drug-likeness (QED) is 0.634. The molecule has 6 heteroatoms. The minimum absolute atomic E-state index is 0.0106. The van der Waals surface area contributed by atoms with Gasteiger partial charge in [0.05, 0.1) is 16.8 Å². The summed E-state index contributed by atoms with van der Waals surface area (Å²) in [4.78, 5) is 38.7. The predicted molar refractivity (Wildman–Crippen MR) is 124 cm³/mol. The second kappa shape index (κ2) is 8.01. The van der Waals surface area contributed by atoms with Crippen LogP contribution in [0.2, 0.25) is 0 Å². The molecule has 3 atom stereocenters. The molecule has 32 heavy (non-hydrogen) atoms. The summed E-state index contributed by atoms with van der Waals surface area (Å²) in [5, 5.41) is 0.875. The van der Waals surface area contributed by atoms with Crippen LogP contribution in [0.1, 0.15) is 35.2 Å². The molecule has 2 aromatic heterocycles. The Morgan fingerprint density at radius 3 is 2.75 bits per heavy atom. The Labute approximate surface area is 188 Å². The van der Waals surface area contributed by atoms with E-state index in [1.54, 1.807) is 12.4 Å². The fraction of sp³-hybridized carbons (Fsp3) is 0.385. The monoisotopic (exact) mass is 428 g/mol. The van der Waals surface area contributed by atoms with E-state index < -0.39 is 0 Å². The van der Waals surface area contributed by atoms with Crippen LogP contribution in [-0.2, 0) is 4.79 Å². The minimum atomic E-state index is 0.0106. The number of hydrogen-bond acceptors (Lipinski definition) is 4. The molecule has 1 aliphatic heterocycles. The standard InChI is InChI=1S/C26H28N4O2/c1-16-6-7-23-21(9-16)22(13-24(28-23)17-5-4-8-27-14-17)26(32)30(3)20-10-18-12-25(31)29(2)15-19(18)11-20/h4-9,13-14,18-20H,10-12,15H2,1-3H3/t18-,19+,20-/m1/s1. The lowest BCUT2D eigenvalue weighted by molar-refractivity contribution is -0.134. The number of hydrogen-bond donors (Lipinski definition) is 0. The van der Waals surface area contributed by atoms with E-state index in [1.807, 2.05) is 67.2 Å². The summed E-state index contributed by atoms with van der Waals surface area (Å²) in [5.41, 5.74) is 4.21. The Morgan fingerprint density at radius 2 is 1.97 bits per heavy atom. The van der Waals surface area contributed by atoms with Gasteiger partial charge in [0.15, 0.2) is 0 Å². The number of likely N-dealkylation sites (tertiary alicyclic amines) is 1. The Bertz CT molecular complexity index is 1190. The average Bonchev–Trinajstić information content (AvgIpc) is 3.21. The van der Waals surface area contributed by atoms with Crippen molar-refractivity contribution in [2.45, 2.75) is 32.2 Å². The molecule has 3 heterocycles. The summed E-state index contributed by atoms with van der Waals surface area (Å²) in [6, 6.07) is 11.9. The number of rotatable bonds is 3. The molecule has 0 radical (unpaired) electrons. The van der Waals surface area contributed by atoms with Gasteiger partial charge in [0.25, 0.3) is 5.91 Å². The molecule has 2 aliphatic rings. The van der Waals surface area contributed by atoms with Crippen molar-refractivity contribution in [3.05, 3.63) is 59.9 Å². The maximum Gasteiger partial charge on any atom is 0.254 e. The molecular weight excluding hydrogens is 400 g/mol. The van der Waals surface area contributed by atoms with Crippen molar-refractivity contribution in [1.82, 2.24) is 19.8 Å². The number of aromatic nitrogens is 2. The van der Waals surface area contributed by atoms with Crippen LogP contribution in [-0.4, -0.2) is 58.3 Å². The first kappa shape index (κ1) is 20.6. The number of benzene rings is 1. The van der Waals surface area contributed by atoms with Crippen LogP contribution in [0.15, 0.2) is 48.8 Å². The Morgan fingerprint density at radius 1 is 1.16 bits per heavy atom. The molecule has 1 saturated carbocycles. The Kier molecular flexibility index (Phi) is 5.16. The molecule has 5 rings (SSSR count). The summed E-state index contributed by atoms with van der Waals surface area (Å²) in [5.74, 6) is 1.08. The third-order valence-corrected chi connectivity index (χ3v) is 7.21. The maximum atomic E-state index is 13.8. The summed E-state index contributed by atoms with van der Waals surface area (Å²) in [6.45, 7) is 2.83. The van der Waals surface area contributed by atoms with Gasteiger partial charge in [0.2, 0.25) is 5.91 Å². The smallest absolute Gasteiger partial charge is 0.254 e. The van der Waals surface area contributed by atoms with E-state index in [2.05, 4.69) is 4.98 Å². The van der Waals surface area contributed by atoms with Crippen LogP contribution < -0.4 is 0 Å². The fourth-order valence-corrected chi connectivity index (χ4v) is 5.34. The minimum Gasteiger partial charge on any atom is -0.345 e. The summed E-state index contributed by atoms with van der Waals surface area (Å²) in [6.07, 6.45) is 5.94. The SMILES string of the molecule is Cc1ccc2nc(-c3cccnc3)cc(C(=O)N(C)[C@@H]3C[C@@H]4CC(=O)N(C)C[C@@H]4C3)c2c1. The molecule has 0 bridgehead atoms. The van der Waals surface area contributed by atoms with Crippen LogP contribution in [0.3, 0.4) is 0 Å². The molecule has 2 fully saturated rings. The van der Waals surface area contributed by atoms with Crippen molar-refractivity contribution in [2.75, 3.05) is 20.6 Å². The van der Waals surface area contributed by atoms with Gasteiger partial charge < -0.3 is 9.80 Å². The van der Waals surface area contributed by atoms with Gasteiger partial charge in [-0.2, -0.15) is 0 Å². The predicted octanol–water partition coefficient (Wildman–Crippen LogP) is 3.93. The molecule has 1 saturated heterocycles. The van der Waals surface area contributed by atoms with E-state index in [1.165, 1.54) is 0 Å². The number of carbonyl (C=O) groups is 2. The maximum absolute atomic E-state index is 13.8. The highest BCUT2D eigenvalue weighted by molar-refractivity contribution is 6.07. The third-order valence-electron chi connectivity index (χ3n) is 7.21. The number of piperidine rings is 1. The zero-order chi connectivity index (χ0) is 22.4. The second-order valence-corrected chi connectivity index (χ2v) is 9.36. The fourth-order valence-electron chi connectivity index (χ4n) is 5.34. The van der Waals surface area contributed by atoms with Gasteiger partial charge in [-0.1, -0.05) is 11.6 Å². The van der Waals surface area contributed by atoms with E-state index in [9.17, 15) is 9.59 Å². The van der Waals surface area contributed by atoms with E-state index in [-0.39, 0.29) is 17.9 Å². The Balaban J connectivity index is 1.50. The molecule has 3 aromatic rings. The molecule has 0 spiro atoms. The molecule has 2 amide bonds. The number of nitrogens with zero attached hydrogens (tertiary/aromatic N) is 4. The first-order valence-electron chi connectivity index (χ1n) is 11.2. The lowest BCUT2D eigenvalue weighted by Gasteiger charge is -2.31. The molecular formula is C26H28N4O2. The van der Waals surface area contributed by atoms with Gasteiger partial charge in [-0.25, -0.2) is 4.98 Å². The van der Waals surface area contributed by atoms with E-state index >= 15 is 0 Å². The van der Waals surface area contributed by atoms with Crippen molar-refractivity contribution < 1.29 is 9.59 Å². The molecule has 0 unspecified atom stereocenters. The largest absolute Gasteiger partial charge is 0.345 e. The number of carbonyl (C=O) groups excluding carboxylic acids is 2. The first-order chi connectivity index (χ1) is 15.4. The van der Waals surface area contributed by atoms with Gasteiger partial charge in [-0.05, 0) is 61.9 Å². The molecule has 1 aliphatic carbocycles. The van der Waals surface area contributed by atoms with Crippen molar-refractivity contribution in [3.8, 4) is 11.3 Å². The first-order valence-corrected chi connectivity index (χ1v) is 11.2. The molecule has 164 valence electrons. The number of fused-ring (bicyclic) bond motifs is 2. The molecule has 0 N–H and O–H groups in total. The van der Waals surface area contributed by atoms with Crippen molar-refractivity contribution >= 4 is 22.7 Å². The lowest BCUT2D eigenvalue weighted by Crippen LogP contribution is -2.40. The van der Waals surface area contributed by atoms with Gasteiger partial charge in [-0.15, -0.1) is 0 Å². The Hall–Kier alpha value is -3.28.